The van der Waals surface area contributed by atoms with Gasteiger partial charge in [-0.25, -0.2) is 4.68 Å². The molecule has 2 heterocycles. The van der Waals surface area contributed by atoms with E-state index in [-0.39, 0.29) is 12.5 Å². The maximum absolute atomic E-state index is 12.6. The zero-order chi connectivity index (χ0) is 17.9. The van der Waals surface area contributed by atoms with E-state index in [0.717, 1.165) is 21.3 Å². The summed E-state index contributed by atoms with van der Waals surface area (Å²) in [4.78, 5) is 12.6. The van der Waals surface area contributed by atoms with Crippen molar-refractivity contribution in [2.45, 2.75) is 6.54 Å². The summed E-state index contributed by atoms with van der Waals surface area (Å²) >= 11 is 3.54. The maximum Gasteiger partial charge on any atom is 0.256 e. The van der Waals surface area contributed by atoms with Gasteiger partial charge in [-0.2, -0.15) is 5.10 Å². The number of fused-ring (bicyclic) bond motifs is 1. The topological polar surface area (TPSA) is 56.2 Å². The molecule has 0 spiro atoms. The third-order valence-corrected chi connectivity index (χ3v) is 4.93. The Balaban J connectivity index is 1.52. The molecule has 1 aliphatic heterocycles. The number of aromatic nitrogens is 2. The molecule has 4 rings (SSSR count). The van der Waals surface area contributed by atoms with E-state index in [2.05, 4.69) is 26.3 Å². The first-order chi connectivity index (χ1) is 12.7. The standard InChI is InChI=1S/C20H16BrN3O2/c21-17-7-3-1-6-15(17)12-24-19(9-10-22-24)23-20(25)16-11-14-5-2-4-8-18(14)26-13-16/h1-11H,12-13H2,(H,23,25). The van der Waals surface area contributed by atoms with E-state index in [1.165, 1.54) is 0 Å². The van der Waals surface area contributed by atoms with Crippen LogP contribution >= 0.6 is 15.9 Å². The Kier molecular flexibility index (Phi) is 4.58. The van der Waals surface area contributed by atoms with Crippen LogP contribution in [-0.2, 0) is 11.3 Å². The highest BCUT2D eigenvalue weighted by Gasteiger charge is 2.18. The van der Waals surface area contributed by atoms with Gasteiger partial charge in [-0.3, -0.25) is 4.79 Å². The van der Waals surface area contributed by atoms with E-state index < -0.39 is 0 Å². The number of nitrogens with one attached hydrogen (secondary N) is 1. The summed E-state index contributed by atoms with van der Waals surface area (Å²) in [5, 5.41) is 7.25. The van der Waals surface area contributed by atoms with E-state index in [0.29, 0.717) is 17.9 Å². The van der Waals surface area contributed by atoms with Crippen molar-refractivity contribution in [3.05, 3.63) is 82.0 Å². The number of carbonyl (C=O) groups is 1. The van der Waals surface area contributed by atoms with Crippen LogP contribution in [0.5, 0.6) is 5.75 Å². The number of anilines is 1. The summed E-state index contributed by atoms with van der Waals surface area (Å²) in [6.07, 6.45) is 3.54. The van der Waals surface area contributed by atoms with Crippen LogP contribution in [0.4, 0.5) is 5.82 Å². The molecule has 0 unspecified atom stereocenters. The Morgan fingerprint density at radius 1 is 1.15 bits per heavy atom. The number of hydrogen-bond acceptors (Lipinski definition) is 3. The highest BCUT2D eigenvalue weighted by molar-refractivity contribution is 9.10. The molecule has 0 bridgehead atoms. The van der Waals surface area contributed by atoms with Gasteiger partial charge in [-0.05, 0) is 23.8 Å². The Morgan fingerprint density at radius 3 is 2.85 bits per heavy atom. The maximum atomic E-state index is 12.6. The molecule has 0 radical (unpaired) electrons. The van der Waals surface area contributed by atoms with E-state index in [1.54, 1.807) is 16.9 Å². The Labute approximate surface area is 159 Å². The largest absolute Gasteiger partial charge is 0.488 e. The lowest BCUT2D eigenvalue weighted by molar-refractivity contribution is -0.113. The zero-order valence-corrected chi connectivity index (χ0v) is 15.4. The summed E-state index contributed by atoms with van der Waals surface area (Å²) in [5.41, 5.74) is 2.57. The lowest BCUT2D eigenvalue weighted by Gasteiger charge is -2.17. The Morgan fingerprint density at radius 2 is 1.96 bits per heavy atom. The van der Waals surface area contributed by atoms with Crippen molar-refractivity contribution in [3.8, 4) is 5.75 Å². The molecule has 2 aromatic carbocycles. The van der Waals surface area contributed by atoms with Gasteiger partial charge in [0.25, 0.3) is 5.91 Å². The second kappa shape index (κ2) is 7.17. The normalized spacial score (nSPS) is 12.7. The lowest BCUT2D eigenvalue weighted by atomic mass is 10.1. The monoisotopic (exact) mass is 409 g/mol. The van der Waals surface area contributed by atoms with Gasteiger partial charge in [0.2, 0.25) is 0 Å². The molecule has 5 nitrogen and oxygen atoms in total. The molecule has 0 fully saturated rings. The van der Waals surface area contributed by atoms with Crippen LogP contribution in [0.3, 0.4) is 0 Å². The number of ether oxygens (including phenoxy) is 1. The molecular formula is C20H16BrN3O2. The summed E-state index contributed by atoms with van der Waals surface area (Å²) in [6.45, 7) is 0.809. The number of para-hydroxylation sites is 1. The van der Waals surface area contributed by atoms with Crippen molar-refractivity contribution in [3.63, 3.8) is 0 Å². The highest BCUT2D eigenvalue weighted by Crippen LogP contribution is 2.26. The number of halogens is 1. The number of amides is 1. The van der Waals surface area contributed by atoms with Gasteiger partial charge >= 0.3 is 0 Å². The smallest absolute Gasteiger partial charge is 0.256 e. The molecule has 6 heteroatoms. The summed E-state index contributed by atoms with van der Waals surface area (Å²) < 4.78 is 8.43. The van der Waals surface area contributed by atoms with Crippen LogP contribution < -0.4 is 10.1 Å². The van der Waals surface area contributed by atoms with Crippen LogP contribution in [0.25, 0.3) is 6.08 Å². The van der Waals surface area contributed by atoms with Crippen molar-refractivity contribution in [2.24, 2.45) is 0 Å². The fourth-order valence-electron chi connectivity index (χ4n) is 2.80. The molecule has 1 aromatic heterocycles. The minimum atomic E-state index is -0.187. The number of hydrogen-bond donors (Lipinski definition) is 1. The van der Waals surface area contributed by atoms with Gasteiger partial charge in [0, 0.05) is 16.1 Å². The average molecular weight is 410 g/mol. The van der Waals surface area contributed by atoms with E-state index in [4.69, 9.17) is 4.74 Å². The fourth-order valence-corrected chi connectivity index (χ4v) is 3.21. The molecule has 0 saturated heterocycles. The first-order valence-corrected chi connectivity index (χ1v) is 8.99. The van der Waals surface area contributed by atoms with Crippen LogP contribution in [0.1, 0.15) is 11.1 Å². The average Bonchev–Trinajstić information content (AvgIpc) is 3.10. The third kappa shape index (κ3) is 3.41. The van der Waals surface area contributed by atoms with Crippen LogP contribution in [-0.4, -0.2) is 22.3 Å². The fraction of sp³-hybridized carbons (Fsp3) is 0.100. The summed E-state index contributed by atoms with van der Waals surface area (Å²) in [6, 6.07) is 17.4. The van der Waals surface area contributed by atoms with Crippen molar-refractivity contribution >= 4 is 33.7 Å². The van der Waals surface area contributed by atoms with Crippen molar-refractivity contribution < 1.29 is 9.53 Å². The van der Waals surface area contributed by atoms with Gasteiger partial charge in [0.15, 0.2) is 0 Å². The van der Waals surface area contributed by atoms with Crippen LogP contribution in [0.15, 0.2) is 70.8 Å². The number of benzene rings is 2. The molecular weight excluding hydrogens is 394 g/mol. The van der Waals surface area contributed by atoms with Crippen LogP contribution in [0.2, 0.25) is 0 Å². The zero-order valence-electron chi connectivity index (χ0n) is 13.9. The van der Waals surface area contributed by atoms with Gasteiger partial charge in [-0.15, -0.1) is 0 Å². The molecule has 3 aromatic rings. The molecule has 0 aliphatic carbocycles. The Bertz CT molecular complexity index is 994. The second-order valence-corrected chi connectivity index (χ2v) is 6.77. The third-order valence-electron chi connectivity index (χ3n) is 4.16. The van der Waals surface area contributed by atoms with Gasteiger partial charge in [0.05, 0.1) is 18.3 Å². The predicted molar refractivity (Wildman–Crippen MR) is 104 cm³/mol. The summed E-state index contributed by atoms with van der Waals surface area (Å²) in [7, 11) is 0. The molecule has 0 atom stereocenters. The molecule has 26 heavy (non-hydrogen) atoms. The Hall–Kier alpha value is -2.86. The van der Waals surface area contributed by atoms with Gasteiger partial charge < -0.3 is 10.1 Å². The quantitative estimate of drug-likeness (QED) is 0.705. The van der Waals surface area contributed by atoms with Crippen molar-refractivity contribution in [1.82, 2.24) is 9.78 Å². The first-order valence-electron chi connectivity index (χ1n) is 8.20. The lowest BCUT2D eigenvalue weighted by Crippen LogP contribution is -2.23. The number of carbonyl (C=O) groups excluding carboxylic acids is 1. The molecule has 1 amide bonds. The van der Waals surface area contributed by atoms with Crippen molar-refractivity contribution in [2.75, 3.05) is 11.9 Å². The second-order valence-electron chi connectivity index (χ2n) is 5.92. The van der Waals surface area contributed by atoms with Crippen LogP contribution in [0, 0.1) is 0 Å². The molecule has 0 saturated carbocycles. The predicted octanol–water partition coefficient (Wildman–Crippen LogP) is 4.11. The highest BCUT2D eigenvalue weighted by atomic mass is 79.9. The van der Waals surface area contributed by atoms with E-state index >= 15 is 0 Å². The molecule has 1 aliphatic rings. The van der Waals surface area contributed by atoms with E-state index in [1.807, 2.05) is 54.6 Å². The van der Waals surface area contributed by atoms with Crippen molar-refractivity contribution in [1.29, 1.82) is 0 Å². The minimum Gasteiger partial charge on any atom is -0.488 e. The number of nitrogens with zero attached hydrogens (tertiary/aromatic N) is 2. The first kappa shape index (κ1) is 16.6. The molecule has 130 valence electrons. The number of rotatable bonds is 4. The molecule has 1 N–H and O–H groups in total. The van der Waals surface area contributed by atoms with E-state index in [9.17, 15) is 4.79 Å². The van der Waals surface area contributed by atoms with Gasteiger partial charge in [0.1, 0.15) is 18.2 Å². The van der Waals surface area contributed by atoms with Gasteiger partial charge in [-0.1, -0.05) is 52.3 Å². The summed E-state index contributed by atoms with van der Waals surface area (Å²) in [5.74, 6) is 1.25. The SMILES string of the molecule is O=C(Nc1ccnn1Cc1ccccc1Br)C1=Cc2ccccc2OC1. The minimum absolute atomic E-state index is 0.187.